The highest BCUT2D eigenvalue weighted by Crippen LogP contribution is 2.25. The summed E-state index contributed by atoms with van der Waals surface area (Å²) in [5.74, 6) is 0.729. The summed E-state index contributed by atoms with van der Waals surface area (Å²) in [4.78, 5) is 29.5. The average Bonchev–Trinajstić information content (AvgIpc) is 3.34. The number of nitrogens with zero attached hydrogens (tertiary/aromatic N) is 4. The van der Waals surface area contributed by atoms with Crippen molar-refractivity contribution in [2.24, 2.45) is 0 Å². The minimum Gasteiger partial charge on any atom is -0.497 e. The van der Waals surface area contributed by atoms with Gasteiger partial charge in [0.05, 0.1) is 19.2 Å². The van der Waals surface area contributed by atoms with Crippen LogP contribution >= 0.6 is 11.3 Å². The van der Waals surface area contributed by atoms with Crippen LogP contribution in [0.4, 0.5) is 0 Å². The van der Waals surface area contributed by atoms with Gasteiger partial charge in [0.1, 0.15) is 5.75 Å². The molecule has 3 heterocycles. The van der Waals surface area contributed by atoms with Crippen LogP contribution in [0.1, 0.15) is 12.1 Å². The molecule has 154 valence electrons. The Morgan fingerprint density at radius 3 is 2.83 bits per heavy atom. The predicted molar refractivity (Wildman–Crippen MR) is 115 cm³/mol. The number of carbonyl (C=O) groups is 1. The molecule has 0 saturated heterocycles. The van der Waals surface area contributed by atoms with Crippen LogP contribution in [0.25, 0.3) is 16.2 Å². The van der Waals surface area contributed by atoms with Crippen LogP contribution in [0.2, 0.25) is 0 Å². The molecule has 0 fully saturated rings. The number of nitrogens with one attached hydrogen (secondary N) is 1. The number of methoxy groups -OCH3 is 1. The van der Waals surface area contributed by atoms with Gasteiger partial charge < -0.3 is 10.1 Å². The van der Waals surface area contributed by atoms with E-state index in [1.54, 1.807) is 19.4 Å². The highest BCUT2D eigenvalue weighted by atomic mass is 32.1. The molecule has 9 heteroatoms. The molecule has 0 atom stereocenters. The van der Waals surface area contributed by atoms with Gasteiger partial charge in [0.2, 0.25) is 5.91 Å². The van der Waals surface area contributed by atoms with Crippen LogP contribution in [-0.2, 0) is 17.8 Å². The summed E-state index contributed by atoms with van der Waals surface area (Å²) < 4.78 is 8.54. The van der Waals surface area contributed by atoms with Crippen molar-refractivity contribution < 1.29 is 9.53 Å². The summed E-state index contributed by atoms with van der Waals surface area (Å²) >= 11 is 1.51. The number of ether oxygens (including phenoxy) is 1. The fourth-order valence-corrected chi connectivity index (χ4v) is 3.97. The molecule has 4 aromatic rings. The third-order valence-corrected chi connectivity index (χ3v) is 5.55. The normalized spacial score (nSPS) is 11.0. The first-order valence-electron chi connectivity index (χ1n) is 9.53. The van der Waals surface area contributed by atoms with E-state index >= 15 is 0 Å². The Kier molecular flexibility index (Phi) is 5.89. The summed E-state index contributed by atoms with van der Waals surface area (Å²) in [6.07, 6.45) is 4.42. The molecular formula is C21H21N5O3S. The zero-order chi connectivity index (χ0) is 20.9. The number of rotatable bonds is 8. The Balaban J connectivity index is 1.35. The van der Waals surface area contributed by atoms with Gasteiger partial charge >= 0.3 is 0 Å². The van der Waals surface area contributed by atoms with Gasteiger partial charge in [-0.1, -0.05) is 0 Å². The molecule has 0 bridgehead atoms. The van der Waals surface area contributed by atoms with Crippen molar-refractivity contribution in [3.8, 4) is 17.0 Å². The molecule has 1 amide bonds. The van der Waals surface area contributed by atoms with Crippen LogP contribution in [0, 0.1) is 0 Å². The fraction of sp³-hybridized carbons (Fsp3) is 0.238. The lowest BCUT2D eigenvalue weighted by molar-refractivity contribution is -0.120. The molecule has 0 unspecified atom stereocenters. The number of hydrogen-bond acceptors (Lipinski definition) is 6. The third-order valence-electron chi connectivity index (χ3n) is 4.67. The second kappa shape index (κ2) is 8.91. The highest BCUT2D eigenvalue weighted by molar-refractivity contribution is 7.15. The molecule has 3 aromatic heterocycles. The lowest BCUT2D eigenvalue weighted by Crippen LogP contribution is -2.29. The Morgan fingerprint density at radius 1 is 1.23 bits per heavy atom. The van der Waals surface area contributed by atoms with E-state index in [4.69, 9.17) is 4.74 Å². The number of imidazole rings is 1. The summed E-state index contributed by atoms with van der Waals surface area (Å²) in [6, 6.07) is 10.8. The first-order valence-corrected chi connectivity index (χ1v) is 10.4. The Bertz CT molecular complexity index is 1210. The first-order chi connectivity index (χ1) is 14.6. The number of aryl methyl sites for hydroxylation is 1. The largest absolute Gasteiger partial charge is 0.497 e. The maximum atomic E-state index is 12.3. The van der Waals surface area contributed by atoms with Gasteiger partial charge in [-0.05, 0) is 36.8 Å². The predicted octanol–water partition coefficient (Wildman–Crippen LogP) is 2.38. The SMILES string of the molecule is COc1ccc(-c2cn3c(CC(=O)NCCCn4ncccc4=O)csc3n2)cc1. The van der Waals surface area contributed by atoms with E-state index < -0.39 is 0 Å². The van der Waals surface area contributed by atoms with Crippen LogP contribution in [-0.4, -0.2) is 38.7 Å². The number of thiazole rings is 1. The van der Waals surface area contributed by atoms with E-state index in [0.29, 0.717) is 19.5 Å². The van der Waals surface area contributed by atoms with E-state index in [2.05, 4.69) is 15.4 Å². The summed E-state index contributed by atoms with van der Waals surface area (Å²) in [5, 5.41) is 8.86. The van der Waals surface area contributed by atoms with Crippen molar-refractivity contribution in [3.63, 3.8) is 0 Å². The van der Waals surface area contributed by atoms with Gasteiger partial charge in [0.15, 0.2) is 4.96 Å². The smallest absolute Gasteiger partial charge is 0.266 e. The molecule has 0 aliphatic heterocycles. The number of carbonyl (C=O) groups excluding carboxylic acids is 1. The minimum atomic E-state index is -0.141. The minimum absolute atomic E-state index is 0.0669. The molecule has 1 N–H and O–H groups in total. The monoisotopic (exact) mass is 423 g/mol. The van der Waals surface area contributed by atoms with Crippen LogP contribution in [0.3, 0.4) is 0 Å². The molecule has 0 aliphatic carbocycles. The molecule has 0 saturated carbocycles. The van der Waals surface area contributed by atoms with Crippen molar-refractivity contribution in [2.75, 3.05) is 13.7 Å². The molecule has 4 rings (SSSR count). The molecule has 0 aliphatic rings. The second-order valence-corrected chi connectivity index (χ2v) is 7.54. The standard InChI is InChI=1S/C21H21N5O3S/c1-29-17-7-5-15(6-8-17)18-13-25-16(14-30-21(25)24-18)12-19(27)22-9-3-11-26-20(28)4-2-10-23-26/h2,4-8,10,13-14H,3,9,11-12H2,1H3,(H,22,27). The van der Waals surface area contributed by atoms with Gasteiger partial charge in [-0.3, -0.25) is 14.0 Å². The van der Waals surface area contributed by atoms with E-state index in [-0.39, 0.29) is 17.9 Å². The molecule has 30 heavy (non-hydrogen) atoms. The van der Waals surface area contributed by atoms with Crippen molar-refractivity contribution >= 4 is 22.2 Å². The average molecular weight is 423 g/mol. The maximum absolute atomic E-state index is 12.3. The zero-order valence-corrected chi connectivity index (χ0v) is 17.3. The number of hydrogen-bond donors (Lipinski definition) is 1. The van der Waals surface area contributed by atoms with Gasteiger partial charge in [-0.2, -0.15) is 5.10 Å². The Labute approximate surface area is 176 Å². The van der Waals surface area contributed by atoms with Crippen molar-refractivity contribution in [2.45, 2.75) is 19.4 Å². The number of fused-ring (bicyclic) bond motifs is 1. The number of amides is 1. The van der Waals surface area contributed by atoms with Crippen molar-refractivity contribution in [1.82, 2.24) is 24.5 Å². The highest BCUT2D eigenvalue weighted by Gasteiger charge is 2.12. The molecular weight excluding hydrogens is 402 g/mol. The second-order valence-electron chi connectivity index (χ2n) is 6.70. The molecule has 0 radical (unpaired) electrons. The van der Waals surface area contributed by atoms with E-state index in [0.717, 1.165) is 27.7 Å². The van der Waals surface area contributed by atoms with Crippen molar-refractivity contribution in [3.05, 3.63) is 70.2 Å². The fourth-order valence-electron chi connectivity index (χ4n) is 3.10. The lowest BCUT2D eigenvalue weighted by atomic mass is 10.2. The summed E-state index contributed by atoms with van der Waals surface area (Å²) in [5.41, 5.74) is 2.59. The van der Waals surface area contributed by atoms with E-state index in [1.165, 1.54) is 22.1 Å². The summed E-state index contributed by atoms with van der Waals surface area (Å²) in [7, 11) is 1.64. The quantitative estimate of drug-likeness (QED) is 0.440. The van der Waals surface area contributed by atoms with Crippen molar-refractivity contribution in [1.29, 1.82) is 0 Å². The van der Waals surface area contributed by atoms with Gasteiger partial charge in [0, 0.05) is 48.2 Å². The van der Waals surface area contributed by atoms with Gasteiger partial charge in [-0.15, -0.1) is 11.3 Å². The van der Waals surface area contributed by atoms with Crippen LogP contribution in [0.5, 0.6) is 5.75 Å². The van der Waals surface area contributed by atoms with Crippen LogP contribution in [0.15, 0.2) is 59.0 Å². The topological polar surface area (TPSA) is 90.5 Å². The molecule has 0 spiro atoms. The zero-order valence-electron chi connectivity index (χ0n) is 16.4. The van der Waals surface area contributed by atoms with Crippen LogP contribution < -0.4 is 15.6 Å². The lowest BCUT2D eigenvalue weighted by Gasteiger charge is -2.06. The number of aromatic nitrogens is 4. The Hall–Kier alpha value is -3.46. The van der Waals surface area contributed by atoms with Gasteiger partial charge in [0.25, 0.3) is 5.56 Å². The number of benzene rings is 1. The van der Waals surface area contributed by atoms with E-state index in [9.17, 15) is 9.59 Å². The summed E-state index contributed by atoms with van der Waals surface area (Å²) in [6.45, 7) is 0.950. The molecule has 1 aromatic carbocycles. The third kappa shape index (κ3) is 4.41. The first kappa shape index (κ1) is 19.8. The van der Waals surface area contributed by atoms with E-state index in [1.807, 2.05) is 40.2 Å². The Morgan fingerprint density at radius 2 is 2.07 bits per heavy atom. The maximum Gasteiger partial charge on any atom is 0.266 e. The molecule has 8 nitrogen and oxygen atoms in total. The van der Waals surface area contributed by atoms with Gasteiger partial charge in [-0.25, -0.2) is 9.67 Å².